The Kier molecular flexibility index (Phi) is 6.43. The Hall–Kier alpha value is 0.730. The fraction of sp³-hybridized carbons (Fsp3) is 1.00. The van der Waals surface area contributed by atoms with Gasteiger partial charge in [-0.05, 0) is 29.1 Å². The maximum atomic E-state index is 2.48. The van der Waals surface area contributed by atoms with E-state index in [4.69, 9.17) is 0 Å². The zero-order chi connectivity index (χ0) is 9.52. The molecule has 0 radical (unpaired) electrons. The third-order valence-corrected chi connectivity index (χ3v) is 4.05. The number of alkyl halides is 1. The van der Waals surface area contributed by atoms with Gasteiger partial charge in [0.05, 0.1) is 0 Å². The van der Waals surface area contributed by atoms with Gasteiger partial charge < -0.3 is 0 Å². The summed E-state index contributed by atoms with van der Waals surface area (Å²) in [5, 5.41) is 0. The maximum absolute atomic E-state index is 2.48. The molecule has 0 saturated heterocycles. The van der Waals surface area contributed by atoms with Crippen molar-refractivity contribution >= 4 is 22.6 Å². The summed E-state index contributed by atoms with van der Waals surface area (Å²) in [5.41, 5.74) is 0. The maximum Gasteiger partial charge on any atom is -0.000473 e. The fourth-order valence-electron chi connectivity index (χ4n) is 2.52. The first-order valence-corrected chi connectivity index (χ1v) is 7.41. The van der Waals surface area contributed by atoms with Gasteiger partial charge in [-0.3, -0.25) is 0 Å². The van der Waals surface area contributed by atoms with Crippen LogP contribution in [0.3, 0.4) is 0 Å². The van der Waals surface area contributed by atoms with E-state index in [-0.39, 0.29) is 0 Å². The van der Waals surface area contributed by atoms with Crippen molar-refractivity contribution in [3.63, 3.8) is 0 Å². The van der Waals surface area contributed by atoms with Gasteiger partial charge in [0.25, 0.3) is 0 Å². The summed E-state index contributed by atoms with van der Waals surface area (Å²) in [6.45, 7) is 2.45. The van der Waals surface area contributed by atoms with E-state index < -0.39 is 0 Å². The van der Waals surface area contributed by atoms with Crippen LogP contribution in [0.5, 0.6) is 0 Å². The Morgan fingerprint density at radius 3 is 2.54 bits per heavy atom. The van der Waals surface area contributed by atoms with Crippen LogP contribution in [0.2, 0.25) is 0 Å². The fourth-order valence-corrected chi connectivity index (χ4v) is 3.06. The molecule has 1 rings (SSSR count). The van der Waals surface area contributed by atoms with E-state index in [9.17, 15) is 0 Å². The predicted octanol–water partition coefficient (Wildman–Crippen LogP) is 4.81. The lowest BCUT2D eigenvalue weighted by Gasteiger charge is -2.15. The molecule has 1 heteroatoms. The molecular formula is C12H23I. The van der Waals surface area contributed by atoms with Crippen LogP contribution in [0.1, 0.15) is 58.3 Å². The molecule has 1 unspecified atom stereocenters. The van der Waals surface area contributed by atoms with Gasteiger partial charge in [0.2, 0.25) is 0 Å². The summed E-state index contributed by atoms with van der Waals surface area (Å²) in [4.78, 5) is 0. The highest BCUT2D eigenvalue weighted by atomic mass is 127. The standard InChI is InChI=1S/C12H23I/c1-11(6-4-5-9-13)10-12-7-2-3-8-12/h11-12H,2-10H2,1H3. The molecule has 0 aromatic heterocycles. The van der Waals surface area contributed by atoms with Crippen molar-refractivity contribution in [1.29, 1.82) is 0 Å². The highest BCUT2D eigenvalue weighted by molar-refractivity contribution is 14.1. The third-order valence-electron chi connectivity index (χ3n) is 3.29. The Morgan fingerprint density at radius 2 is 1.92 bits per heavy atom. The van der Waals surface area contributed by atoms with Gasteiger partial charge in [-0.1, -0.05) is 68.0 Å². The molecule has 1 fully saturated rings. The van der Waals surface area contributed by atoms with Crippen LogP contribution in [-0.2, 0) is 0 Å². The van der Waals surface area contributed by atoms with E-state index in [0.29, 0.717) is 0 Å². The summed E-state index contributed by atoms with van der Waals surface area (Å²) >= 11 is 2.48. The molecule has 0 spiro atoms. The molecule has 0 nitrogen and oxygen atoms in total. The zero-order valence-corrected chi connectivity index (χ0v) is 11.1. The molecule has 0 N–H and O–H groups in total. The zero-order valence-electron chi connectivity index (χ0n) is 8.90. The predicted molar refractivity (Wildman–Crippen MR) is 68.5 cm³/mol. The minimum absolute atomic E-state index is 0.992. The van der Waals surface area contributed by atoms with E-state index in [2.05, 4.69) is 29.5 Å². The third kappa shape index (κ3) is 5.24. The summed E-state index contributed by atoms with van der Waals surface area (Å²) in [7, 11) is 0. The molecule has 1 aliphatic rings. The molecule has 0 amide bonds. The average Bonchev–Trinajstić information content (AvgIpc) is 2.57. The lowest BCUT2D eigenvalue weighted by Crippen LogP contribution is -2.02. The molecular weight excluding hydrogens is 271 g/mol. The highest BCUT2D eigenvalue weighted by Gasteiger charge is 2.17. The minimum atomic E-state index is 0.992. The van der Waals surface area contributed by atoms with Gasteiger partial charge in [0.15, 0.2) is 0 Å². The van der Waals surface area contributed by atoms with Gasteiger partial charge in [-0.15, -0.1) is 0 Å². The van der Waals surface area contributed by atoms with Crippen LogP contribution in [0, 0.1) is 11.8 Å². The van der Waals surface area contributed by atoms with Gasteiger partial charge in [0, 0.05) is 0 Å². The van der Waals surface area contributed by atoms with Gasteiger partial charge in [-0.2, -0.15) is 0 Å². The van der Waals surface area contributed by atoms with E-state index >= 15 is 0 Å². The molecule has 78 valence electrons. The average molecular weight is 294 g/mol. The van der Waals surface area contributed by atoms with E-state index in [1.54, 1.807) is 0 Å². The van der Waals surface area contributed by atoms with E-state index in [0.717, 1.165) is 11.8 Å². The molecule has 0 aliphatic heterocycles. The topological polar surface area (TPSA) is 0 Å². The molecule has 1 saturated carbocycles. The van der Waals surface area contributed by atoms with Crippen molar-refractivity contribution in [2.75, 3.05) is 4.43 Å². The van der Waals surface area contributed by atoms with Gasteiger partial charge in [0.1, 0.15) is 0 Å². The Morgan fingerprint density at radius 1 is 1.23 bits per heavy atom. The lowest BCUT2D eigenvalue weighted by molar-refractivity contribution is 0.372. The van der Waals surface area contributed by atoms with Crippen LogP contribution in [0.4, 0.5) is 0 Å². The molecule has 0 aromatic carbocycles. The number of rotatable bonds is 6. The van der Waals surface area contributed by atoms with E-state index in [1.165, 1.54) is 55.8 Å². The summed E-state index contributed by atoms with van der Waals surface area (Å²) < 4.78 is 1.34. The SMILES string of the molecule is CC(CCCCI)CC1CCCC1. The molecule has 1 atom stereocenters. The first-order valence-electron chi connectivity index (χ1n) is 5.89. The van der Waals surface area contributed by atoms with Crippen molar-refractivity contribution in [1.82, 2.24) is 0 Å². The second-order valence-corrected chi connectivity index (χ2v) is 5.75. The lowest BCUT2D eigenvalue weighted by atomic mass is 9.91. The molecule has 0 heterocycles. The first-order chi connectivity index (χ1) is 6.33. The summed E-state index contributed by atoms with van der Waals surface area (Å²) in [6, 6.07) is 0. The quantitative estimate of drug-likeness (QED) is 0.375. The van der Waals surface area contributed by atoms with Crippen molar-refractivity contribution in [2.45, 2.75) is 58.3 Å². The van der Waals surface area contributed by atoms with Crippen molar-refractivity contribution in [3.8, 4) is 0 Å². The van der Waals surface area contributed by atoms with Crippen molar-refractivity contribution in [2.24, 2.45) is 11.8 Å². The normalized spacial score (nSPS) is 20.8. The Balaban J connectivity index is 1.99. The Bertz CT molecular complexity index is 116. The second kappa shape index (κ2) is 7.08. The van der Waals surface area contributed by atoms with Gasteiger partial charge >= 0.3 is 0 Å². The number of unbranched alkanes of at least 4 members (excludes halogenated alkanes) is 1. The van der Waals surface area contributed by atoms with Crippen LogP contribution in [0.15, 0.2) is 0 Å². The van der Waals surface area contributed by atoms with Crippen LogP contribution in [-0.4, -0.2) is 4.43 Å². The molecule has 0 bridgehead atoms. The Labute approximate surface area is 97.0 Å². The van der Waals surface area contributed by atoms with Crippen molar-refractivity contribution in [3.05, 3.63) is 0 Å². The number of hydrogen-bond acceptors (Lipinski definition) is 0. The van der Waals surface area contributed by atoms with Crippen LogP contribution < -0.4 is 0 Å². The highest BCUT2D eigenvalue weighted by Crippen LogP contribution is 2.31. The molecule has 0 aromatic rings. The smallest absolute Gasteiger partial charge is 0.000473 e. The van der Waals surface area contributed by atoms with Gasteiger partial charge in [-0.25, -0.2) is 0 Å². The first kappa shape index (κ1) is 11.8. The monoisotopic (exact) mass is 294 g/mol. The minimum Gasteiger partial charge on any atom is -0.0864 e. The second-order valence-electron chi connectivity index (χ2n) is 4.68. The number of hydrogen-bond donors (Lipinski definition) is 0. The summed E-state index contributed by atoms with van der Waals surface area (Å²) in [5.74, 6) is 2.08. The molecule has 13 heavy (non-hydrogen) atoms. The van der Waals surface area contributed by atoms with Crippen LogP contribution >= 0.6 is 22.6 Å². The van der Waals surface area contributed by atoms with Crippen LogP contribution in [0.25, 0.3) is 0 Å². The van der Waals surface area contributed by atoms with Crippen molar-refractivity contribution < 1.29 is 0 Å². The molecule has 1 aliphatic carbocycles. The van der Waals surface area contributed by atoms with E-state index in [1.807, 2.05) is 0 Å². The largest absolute Gasteiger partial charge is 0.0864 e. The number of halogens is 1. The summed E-state index contributed by atoms with van der Waals surface area (Å²) in [6.07, 6.45) is 11.9.